The van der Waals surface area contributed by atoms with E-state index >= 15 is 0 Å². The van der Waals surface area contributed by atoms with Crippen molar-refractivity contribution in [1.29, 1.82) is 0 Å². The Labute approximate surface area is 187 Å². The largest absolute Gasteiger partial charge is 0.457 e. The predicted molar refractivity (Wildman–Crippen MR) is 124 cm³/mol. The smallest absolute Gasteiger partial charge is 0.267 e. The molecule has 1 atom stereocenters. The molecule has 0 aliphatic carbocycles. The number of nitrogens with one attached hydrogen (secondary N) is 1. The Morgan fingerprint density at radius 2 is 1.66 bits per heavy atom. The lowest BCUT2D eigenvalue weighted by Crippen LogP contribution is -2.30. The van der Waals surface area contributed by atoms with E-state index in [1.165, 1.54) is 11.6 Å². The summed E-state index contributed by atoms with van der Waals surface area (Å²) in [5.74, 6) is 1.24. The highest BCUT2D eigenvalue weighted by atomic mass is 16.5. The van der Waals surface area contributed by atoms with Gasteiger partial charge in [0.1, 0.15) is 29.3 Å². The third-order valence-corrected chi connectivity index (χ3v) is 4.80. The summed E-state index contributed by atoms with van der Waals surface area (Å²) in [7, 11) is 0. The third-order valence-electron chi connectivity index (χ3n) is 4.80. The van der Waals surface area contributed by atoms with Crippen LogP contribution in [0.2, 0.25) is 0 Å². The van der Waals surface area contributed by atoms with Crippen LogP contribution in [0.15, 0.2) is 54.6 Å². The molecule has 8 nitrogen and oxygen atoms in total. The first-order valence-electron chi connectivity index (χ1n) is 10.2. The number of amides is 1. The molecule has 0 unspecified atom stereocenters. The molecule has 5 N–H and O–H groups in total. The summed E-state index contributed by atoms with van der Waals surface area (Å²) in [5, 5.41) is 2.87. The zero-order chi connectivity index (χ0) is 23.3. The average molecular weight is 434 g/mol. The molecule has 32 heavy (non-hydrogen) atoms. The van der Waals surface area contributed by atoms with Gasteiger partial charge in [-0.2, -0.15) is 0 Å². The van der Waals surface area contributed by atoms with E-state index in [0.717, 1.165) is 5.75 Å². The summed E-state index contributed by atoms with van der Waals surface area (Å²) in [6.07, 6.45) is 0.673. The van der Waals surface area contributed by atoms with Gasteiger partial charge >= 0.3 is 0 Å². The van der Waals surface area contributed by atoms with Gasteiger partial charge in [-0.25, -0.2) is 9.97 Å². The van der Waals surface area contributed by atoms with Crippen LogP contribution in [0.25, 0.3) is 11.4 Å². The fourth-order valence-corrected chi connectivity index (χ4v) is 2.95. The number of anilines is 1. The molecule has 166 valence electrons. The van der Waals surface area contributed by atoms with Crippen LogP contribution < -0.4 is 21.5 Å². The molecular weight excluding hydrogens is 406 g/mol. The number of carbonyl (C=O) groups is 2. The SMILES string of the molecule is CC(C)(C)c1ccc(Oc2ccc(-c3nc(N[C@H](C=O)CN)cc(C(N)=O)n3)cc2)cc1. The highest BCUT2D eigenvalue weighted by Crippen LogP contribution is 2.28. The van der Waals surface area contributed by atoms with Gasteiger partial charge in [-0.05, 0) is 47.4 Å². The Balaban J connectivity index is 1.82. The Hall–Kier alpha value is -3.78. The van der Waals surface area contributed by atoms with Gasteiger partial charge in [-0.1, -0.05) is 32.9 Å². The summed E-state index contributed by atoms with van der Waals surface area (Å²) < 4.78 is 5.92. The lowest BCUT2D eigenvalue weighted by molar-refractivity contribution is -0.108. The van der Waals surface area contributed by atoms with Crippen LogP contribution in [-0.4, -0.2) is 34.7 Å². The van der Waals surface area contributed by atoms with Crippen LogP contribution in [0.3, 0.4) is 0 Å². The number of nitrogens with two attached hydrogens (primary N) is 2. The third kappa shape index (κ3) is 5.67. The van der Waals surface area contributed by atoms with Crippen molar-refractivity contribution < 1.29 is 14.3 Å². The first-order valence-corrected chi connectivity index (χ1v) is 10.2. The second-order valence-electron chi connectivity index (χ2n) is 8.35. The molecule has 3 aromatic rings. The van der Waals surface area contributed by atoms with Crippen molar-refractivity contribution in [2.45, 2.75) is 32.2 Å². The second kappa shape index (κ2) is 9.57. The number of hydrogen-bond donors (Lipinski definition) is 3. The molecule has 0 radical (unpaired) electrons. The van der Waals surface area contributed by atoms with E-state index in [1.807, 2.05) is 12.1 Å². The average Bonchev–Trinajstić information content (AvgIpc) is 2.77. The first kappa shape index (κ1) is 22.9. The number of hydrogen-bond acceptors (Lipinski definition) is 7. The first-order chi connectivity index (χ1) is 15.2. The number of nitrogens with zero attached hydrogens (tertiary/aromatic N) is 2. The number of aldehydes is 1. The number of benzene rings is 2. The normalized spacial score (nSPS) is 12.1. The monoisotopic (exact) mass is 433 g/mol. The van der Waals surface area contributed by atoms with Gasteiger partial charge < -0.3 is 26.3 Å². The highest BCUT2D eigenvalue weighted by Gasteiger charge is 2.14. The Morgan fingerprint density at radius 3 is 2.16 bits per heavy atom. The zero-order valence-electron chi connectivity index (χ0n) is 18.3. The molecule has 2 aromatic carbocycles. The number of aromatic nitrogens is 2. The molecule has 0 aliphatic rings. The Kier molecular flexibility index (Phi) is 6.85. The van der Waals surface area contributed by atoms with Crippen molar-refractivity contribution >= 4 is 18.0 Å². The van der Waals surface area contributed by atoms with Crippen molar-refractivity contribution in [3.8, 4) is 22.9 Å². The van der Waals surface area contributed by atoms with E-state index in [-0.39, 0.29) is 29.3 Å². The van der Waals surface area contributed by atoms with E-state index in [4.69, 9.17) is 16.2 Å². The van der Waals surface area contributed by atoms with Crippen molar-refractivity contribution in [3.05, 3.63) is 65.9 Å². The molecule has 0 aliphatic heterocycles. The Morgan fingerprint density at radius 1 is 1.06 bits per heavy atom. The van der Waals surface area contributed by atoms with Gasteiger partial charge in [0.05, 0.1) is 6.04 Å². The molecule has 1 heterocycles. The minimum atomic E-state index is -0.703. The van der Waals surface area contributed by atoms with E-state index in [9.17, 15) is 9.59 Å². The predicted octanol–water partition coefficient (Wildman–Crippen LogP) is 3.27. The van der Waals surface area contributed by atoms with Crippen LogP contribution in [0.1, 0.15) is 36.8 Å². The van der Waals surface area contributed by atoms with Gasteiger partial charge in [-0.15, -0.1) is 0 Å². The van der Waals surface area contributed by atoms with Crippen molar-refractivity contribution in [3.63, 3.8) is 0 Å². The maximum Gasteiger partial charge on any atom is 0.267 e. The Bertz CT molecular complexity index is 1090. The molecule has 8 heteroatoms. The maximum absolute atomic E-state index is 11.7. The summed E-state index contributed by atoms with van der Waals surface area (Å²) in [4.78, 5) is 31.4. The van der Waals surface area contributed by atoms with E-state index in [1.54, 1.807) is 24.3 Å². The fraction of sp³-hybridized carbons (Fsp3) is 0.250. The fourth-order valence-electron chi connectivity index (χ4n) is 2.95. The van der Waals surface area contributed by atoms with Crippen LogP contribution in [0.4, 0.5) is 5.82 Å². The molecule has 3 rings (SSSR count). The summed E-state index contributed by atoms with van der Waals surface area (Å²) in [5.41, 5.74) is 12.9. The zero-order valence-corrected chi connectivity index (χ0v) is 18.3. The summed E-state index contributed by atoms with van der Waals surface area (Å²) >= 11 is 0. The van der Waals surface area contributed by atoms with Gasteiger partial charge in [0, 0.05) is 18.2 Å². The van der Waals surface area contributed by atoms with Crippen LogP contribution in [-0.2, 0) is 10.2 Å². The number of primary amides is 1. The number of ether oxygens (including phenoxy) is 1. The van der Waals surface area contributed by atoms with Crippen LogP contribution >= 0.6 is 0 Å². The van der Waals surface area contributed by atoms with E-state index in [2.05, 4.69) is 48.2 Å². The molecule has 0 fully saturated rings. The summed E-state index contributed by atoms with van der Waals surface area (Å²) in [6, 6.07) is 15.9. The van der Waals surface area contributed by atoms with E-state index < -0.39 is 11.9 Å². The van der Waals surface area contributed by atoms with Gasteiger partial charge in [0.25, 0.3) is 5.91 Å². The molecule has 0 saturated carbocycles. The highest BCUT2D eigenvalue weighted by molar-refractivity contribution is 5.92. The van der Waals surface area contributed by atoms with Crippen LogP contribution in [0.5, 0.6) is 11.5 Å². The van der Waals surface area contributed by atoms with Gasteiger partial charge in [0.2, 0.25) is 0 Å². The van der Waals surface area contributed by atoms with E-state index in [0.29, 0.717) is 17.6 Å². The quantitative estimate of drug-likeness (QED) is 0.464. The lowest BCUT2D eigenvalue weighted by Gasteiger charge is -2.19. The molecule has 1 amide bonds. The maximum atomic E-state index is 11.7. The van der Waals surface area contributed by atoms with Crippen molar-refractivity contribution in [2.24, 2.45) is 11.5 Å². The molecule has 0 saturated heterocycles. The second-order valence-corrected chi connectivity index (χ2v) is 8.35. The van der Waals surface area contributed by atoms with Gasteiger partial charge in [0.15, 0.2) is 5.82 Å². The lowest BCUT2D eigenvalue weighted by atomic mass is 9.87. The van der Waals surface area contributed by atoms with Crippen molar-refractivity contribution in [2.75, 3.05) is 11.9 Å². The molecule has 0 spiro atoms. The topological polar surface area (TPSA) is 133 Å². The minimum absolute atomic E-state index is 0.0263. The molecular formula is C24H27N5O3. The van der Waals surface area contributed by atoms with Gasteiger partial charge in [-0.3, -0.25) is 4.79 Å². The minimum Gasteiger partial charge on any atom is -0.457 e. The number of rotatable bonds is 8. The number of carbonyl (C=O) groups excluding carboxylic acids is 2. The molecule has 0 bridgehead atoms. The standard InChI is InChI=1S/C24H27N5O3/c1-24(2,3)16-6-10-19(11-7-16)32-18-8-4-15(5-9-18)23-28-20(22(26)31)12-21(29-23)27-17(13-25)14-30/h4-12,14,17H,13,25H2,1-3H3,(H2,26,31)(H,27,28,29)/t17-/m0/s1. The van der Waals surface area contributed by atoms with Crippen molar-refractivity contribution in [1.82, 2.24) is 9.97 Å². The molecule has 1 aromatic heterocycles. The summed E-state index contributed by atoms with van der Waals surface area (Å²) in [6.45, 7) is 6.56. The van der Waals surface area contributed by atoms with Crippen LogP contribution in [0, 0.1) is 0 Å².